The minimum absolute atomic E-state index is 0.0554. The van der Waals surface area contributed by atoms with Crippen LogP contribution in [0.2, 0.25) is 0 Å². The van der Waals surface area contributed by atoms with Crippen LogP contribution in [0.4, 0.5) is 0 Å². The monoisotopic (exact) mass is 264 g/mol. The van der Waals surface area contributed by atoms with Gasteiger partial charge in [-0.3, -0.25) is 10.2 Å². The number of carbonyl (C=O) groups excluding carboxylic acids is 1. The predicted molar refractivity (Wildman–Crippen MR) is 67.6 cm³/mol. The molecule has 0 atom stereocenters. The van der Waals surface area contributed by atoms with Gasteiger partial charge < -0.3 is 9.84 Å². The first kappa shape index (κ1) is 13.5. The fraction of sp³-hybridized carbons (Fsp3) is 0.385. The summed E-state index contributed by atoms with van der Waals surface area (Å²) in [5.74, 6) is -1.23. The molecule has 19 heavy (non-hydrogen) atoms. The zero-order valence-corrected chi connectivity index (χ0v) is 10.5. The zero-order chi connectivity index (χ0) is 13.7. The maximum atomic E-state index is 11.9. The Kier molecular flexibility index (Phi) is 4.48. The van der Waals surface area contributed by atoms with E-state index in [2.05, 4.69) is 5.43 Å². The lowest BCUT2D eigenvalue weighted by atomic mass is 10.0. The summed E-state index contributed by atoms with van der Waals surface area (Å²) in [6.45, 7) is 2.47. The van der Waals surface area contributed by atoms with E-state index in [1.165, 1.54) is 6.07 Å². The van der Waals surface area contributed by atoms with Crippen molar-refractivity contribution >= 4 is 11.9 Å². The van der Waals surface area contributed by atoms with Crippen LogP contribution in [0, 0.1) is 0 Å². The molecule has 0 saturated carbocycles. The van der Waals surface area contributed by atoms with Crippen molar-refractivity contribution in [2.45, 2.75) is 6.42 Å². The quantitative estimate of drug-likeness (QED) is 0.817. The van der Waals surface area contributed by atoms with E-state index in [4.69, 9.17) is 9.84 Å². The Labute approximate surface area is 110 Å². The average Bonchev–Trinajstić information content (AvgIpc) is 2.40. The predicted octanol–water partition coefficient (Wildman–Crippen LogP) is 0.291. The van der Waals surface area contributed by atoms with Gasteiger partial charge in [0.1, 0.15) is 0 Å². The first-order valence-electron chi connectivity index (χ1n) is 6.10. The standard InChI is InChI=1S/C13H16N2O4/c16-12(14-15-5-7-19-8-6-15)9-10-3-1-2-4-11(10)13(17)18/h1-4H,5-9H2,(H,14,16)(H,17,18). The number of amides is 1. The molecule has 0 spiro atoms. The van der Waals surface area contributed by atoms with Crippen LogP contribution in [0.1, 0.15) is 15.9 Å². The summed E-state index contributed by atoms with van der Waals surface area (Å²) in [6.07, 6.45) is 0.0554. The molecule has 1 aromatic carbocycles. The van der Waals surface area contributed by atoms with Gasteiger partial charge in [-0.15, -0.1) is 0 Å². The summed E-state index contributed by atoms with van der Waals surface area (Å²) in [5, 5.41) is 10.8. The Morgan fingerprint density at radius 2 is 1.95 bits per heavy atom. The normalized spacial score (nSPS) is 16.0. The summed E-state index contributed by atoms with van der Waals surface area (Å²) in [6, 6.07) is 6.53. The number of carboxylic acids is 1. The molecule has 1 aliphatic heterocycles. The summed E-state index contributed by atoms with van der Waals surface area (Å²) in [7, 11) is 0. The van der Waals surface area contributed by atoms with Crippen molar-refractivity contribution in [3.8, 4) is 0 Å². The number of benzene rings is 1. The second-order valence-electron chi connectivity index (χ2n) is 4.27. The molecule has 1 saturated heterocycles. The fourth-order valence-corrected chi connectivity index (χ4v) is 1.95. The van der Waals surface area contributed by atoms with Crippen molar-refractivity contribution < 1.29 is 19.4 Å². The van der Waals surface area contributed by atoms with E-state index in [9.17, 15) is 9.59 Å². The van der Waals surface area contributed by atoms with Gasteiger partial charge in [-0.25, -0.2) is 9.80 Å². The van der Waals surface area contributed by atoms with E-state index >= 15 is 0 Å². The highest BCUT2D eigenvalue weighted by Crippen LogP contribution is 2.09. The maximum absolute atomic E-state index is 11.9. The van der Waals surface area contributed by atoms with Gasteiger partial charge in [0, 0.05) is 13.1 Å². The van der Waals surface area contributed by atoms with E-state index in [0.29, 0.717) is 31.9 Å². The summed E-state index contributed by atoms with van der Waals surface area (Å²) < 4.78 is 5.18. The van der Waals surface area contributed by atoms with Gasteiger partial charge in [0.05, 0.1) is 25.2 Å². The third-order valence-electron chi connectivity index (χ3n) is 2.89. The number of ether oxygens (including phenoxy) is 1. The number of hydrogen-bond acceptors (Lipinski definition) is 4. The molecule has 2 N–H and O–H groups in total. The van der Waals surface area contributed by atoms with Gasteiger partial charge in [-0.1, -0.05) is 18.2 Å². The molecule has 1 fully saturated rings. The summed E-state index contributed by atoms with van der Waals surface area (Å²) >= 11 is 0. The van der Waals surface area contributed by atoms with Crippen molar-refractivity contribution in [2.75, 3.05) is 26.3 Å². The average molecular weight is 264 g/mol. The molecule has 0 radical (unpaired) electrons. The van der Waals surface area contributed by atoms with Crippen LogP contribution in [-0.4, -0.2) is 48.3 Å². The molecule has 2 rings (SSSR count). The number of hydrogen-bond donors (Lipinski definition) is 2. The molecule has 102 valence electrons. The maximum Gasteiger partial charge on any atom is 0.335 e. The lowest BCUT2D eigenvalue weighted by molar-refractivity contribution is -0.127. The molecule has 1 aliphatic rings. The molecule has 6 heteroatoms. The highest BCUT2D eigenvalue weighted by atomic mass is 16.5. The second-order valence-corrected chi connectivity index (χ2v) is 4.27. The van der Waals surface area contributed by atoms with E-state index in [1.807, 2.05) is 0 Å². The number of morpholine rings is 1. The Balaban J connectivity index is 1.96. The van der Waals surface area contributed by atoms with Crippen molar-refractivity contribution in [1.82, 2.24) is 10.4 Å². The van der Waals surface area contributed by atoms with Crippen LogP contribution in [0.5, 0.6) is 0 Å². The minimum Gasteiger partial charge on any atom is -0.478 e. The van der Waals surface area contributed by atoms with Crippen LogP contribution >= 0.6 is 0 Å². The Hall–Kier alpha value is -1.92. The van der Waals surface area contributed by atoms with Crippen LogP contribution in [0.3, 0.4) is 0 Å². The van der Waals surface area contributed by atoms with E-state index in [1.54, 1.807) is 23.2 Å². The van der Waals surface area contributed by atoms with Gasteiger partial charge in [-0.05, 0) is 11.6 Å². The van der Waals surface area contributed by atoms with Crippen LogP contribution < -0.4 is 5.43 Å². The molecular formula is C13H16N2O4. The molecule has 6 nitrogen and oxygen atoms in total. The highest BCUT2D eigenvalue weighted by Gasteiger charge is 2.16. The number of rotatable bonds is 4. The number of aromatic carboxylic acids is 1. The van der Waals surface area contributed by atoms with E-state index in [0.717, 1.165) is 0 Å². The van der Waals surface area contributed by atoms with Crippen molar-refractivity contribution in [3.63, 3.8) is 0 Å². The molecule has 1 heterocycles. The molecule has 0 unspecified atom stereocenters. The fourth-order valence-electron chi connectivity index (χ4n) is 1.95. The summed E-state index contributed by atoms with van der Waals surface area (Å²) in [4.78, 5) is 22.9. The van der Waals surface area contributed by atoms with Gasteiger partial charge >= 0.3 is 5.97 Å². The first-order valence-corrected chi connectivity index (χ1v) is 6.10. The zero-order valence-electron chi connectivity index (χ0n) is 10.5. The topological polar surface area (TPSA) is 78.9 Å². The smallest absolute Gasteiger partial charge is 0.335 e. The Bertz CT molecular complexity index is 469. The number of hydrazine groups is 1. The van der Waals surface area contributed by atoms with Crippen molar-refractivity contribution in [3.05, 3.63) is 35.4 Å². The third kappa shape index (κ3) is 3.77. The molecule has 0 aromatic heterocycles. The lowest BCUT2D eigenvalue weighted by Gasteiger charge is -2.27. The second kappa shape index (κ2) is 6.31. The van der Waals surface area contributed by atoms with Crippen LogP contribution in [0.15, 0.2) is 24.3 Å². The largest absolute Gasteiger partial charge is 0.478 e. The van der Waals surface area contributed by atoms with Gasteiger partial charge in [0.15, 0.2) is 0 Å². The Morgan fingerprint density at radius 1 is 1.26 bits per heavy atom. The SMILES string of the molecule is O=C(Cc1ccccc1C(=O)O)NN1CCOCC1. The van der Waals surface area contributed by atoms with Crippen molar-refractivity contribution in [2.24, 2.45) is 0 Å². The van der Waals surface area contributed by atoms with Gasteiger partial charge in [0.25, 0.3) is 0 Å². The van der Waals surface area contributed by atoms with Crippen molar-refractivity contribution in [1.29, 1.82) is 0 Å². The number of nitrogens with one attached hydrogen (secondary N) is 1. The highest BCUT2D eigenvalue weighted by molar-refractivity contribution is 5.91. The van der Waals surface area contributed by atoms with Gasteiger partial charge in [0.2, 0.25) is 5.91 Å². The minimum atomic E-state index is -1.02. The first-order chi connectivity index (χ1) is 9.16. The number of carbonyl (C=O) groups is 2. The molecule has 1 amide bonds. The Morgan fingerprint density at radius 3 is 2.63 bits per heavy atom. The molecule has 1 aromatic rings. The number of carboxylic acid groups (broad SMARTS) is 1. The molecule has 0 aliphatic carbocycles. The van der Waals surface area contributed by atoms with Crippen LogP contribution in [-0.2, 0) is 16.0 Å². The third-order valence-corrected chi connectivity index (χ3v) is 2.89. The summed E-state index contributed by atoms with van der Waals surface area (Å²) in [5.41, 5.74) is 3.44. The molecular weight excluding hydrogens is 248 g/mol. The number of nitrogens with zero attached hydrogens (tertiary/aromatic N) is 1. The van der Waals surface area contributed by atoms with E-state index in [-0.39, 0.29) is 17.9 Å². The van der Waals surface area contributed by atoms with E-state index < -0.39 is 5.97 Å². The molecule has 0 bridgehead atoms. The lowest BCUT2D eigenvalue weighted by Crippen LogP contribution is -2.48. The van der Waals surface area contributed by atoms with Crippen LogP contribution in [0.25, 0.3) is 0 Å². The van der Waals surface area contributed by atoms with Gasteiger partial charge in [-0.2, -0.15) is 0 Å².